The van der Waals surface area contributed by atoms with E-state index in [0.717, 1.165) is 25.0 Å². The summed E-state index contributed by atoms with van der Waals surface area (Å²) in [6.07, 6.45) is 2.61. The summed E-state index contributed by atoms with van der Waals surface area (Å²) >= 11 is 0. The molecule has 1 aliphatic carbocycles. The van der Waals surface area contributed by atoms with Crippen molar-refractivity contribution in [3.05, 3.63) is 52.7 Å². The fourth-order valence-corrected chi connectivity index (χ4v) is 3.88. The van der Waals surface area contributed by atoms with Crippen LogP contribution in [0.3, 0.4) is 0 Å². The van der Waals surface area contributed by atoms with Gasteiger partial charge < -0.3 is 9.32 Å². The van der Waals surface area contributed by atoms with Crippen molar-refractivity contribution >= 4 is 5.91 Å². The molecular formula is C20H23F2N3O2. The second kappa shape index (κ2) is 7.03. The molecule has 0 spiro atoms. The zero-order valence-corrected chi connectivity index (χ0v) is 15.5. The van der Waals surface area contributed by atoms with E-state index in [9.17, 15) is 13.6 Å². The fraction of sp³-hybridized carbons (Fsp3) is 0.500. The van der Waals surface area contributed by atoms with E-state index in [4.69, 9.17) is 4.42 Å². The first-order chi connectivity index (χ1) is 12.9. The molecule has 5 nitrogen and oxygen atoms in total. The molecule has 1 fully saturated rings. The van der Waals surface area contributed by atoms with Crippen LogP contribution in [0.5, 0.6) is 0 Å². The predicted octanol–water partition coefficient (Wildman–Crippen LogP) is 3.38. The monoisotopic (exact) mass is 375 g/mol. The molecule has 0 N–H and O–H groups in total. The first-order valence-electron chi connectivity index (χ1n) is 9.32. The molecule has 0 radical (unpaired) electrons. The maximum absolute atomic E-state index is 13.9. The van der Waals surface area contributed by atoms with Crippen LogP contribution >= 0.6 is 0 Å². The molecule has 1 aromatic heterocycles. The largest absolute Gasteiger partial charge is 0.437 e. The zero-order valence-electron chi connectivity index (χ0n) is 15.5. The normalized spacial score (nSPS) is 22.2. The third-order valence-electron chi connectivity index (χ3n) is 5.61. The number of aromatic nitrogens is 1. The summed E-state index contributed by atoms with van der Waals surface area (Å²) in [7, 11) is 1.79. The van der Waals surface area contributed by atoms with Crippen molar-refractivity contribution in [3.8, 4) is 0 Å². The SMILES string of the molecule is CC1CC(N(C)C(=O)c2nc3c(o2)CCN(Cc2cc(F)ccc2F)C3)C1. The highest BCUT2D eigenvalue weighted by molar-refractivity contribution is 5.89. The molecule has 1 aromatic carbocycles. The lowest BCUT2D eigenvalue weighted by Gasteiger charge is -2.38. The standard InChI is InChI=1S/C20H23F2N3O2/c1-12-7-15(8-12)24(2)20(26)19-23-17-11-25(6-5-18(17)27-19)10-13-9-14(21)3-4-16(13)22/h3-4,9,12,15H,5-8,10-11H2,1-2H3. The molecule has 0 atom stereocenters. The van der Waals surface area contributed by atoms with Crippen LogP contribution in [0, 0.1) is 17.6 Å². The summed E-state index contributed by atoms with van der Waals surface area (Å²) in [6.45, 7) is 3.56. The number of amides is 1. The summed E-state index contributed by atoms with van der Waals surface area (Å²) in [5.74, 6) is 0.427. The molecule has 27 heavy (non-hydrogen) atoms. The summed E-state index contributed by atoms with van der Waals surface area (Å²) < 4.78 is 33.0. The average Bonchev–Trinajstić information content (AvgIpc) is 3.04. The van der Waals surface area contributed by atoms with Gasteiger partial charge in [0.25, 0.3) is 5.89 Å². The number of carbonyl (C=O) groups is 1. The Morgan fingerprint density at radius 3 is 2.89 bits per heavy atom. The van der Waals surface area contributed by atoms with E-state index in [0.29, 0.717) is 49.0 Å². The van der Waals surface area contributed by atoms with Crippen molar-refractivity contribution in [2.45, 2.75) is 45.3 Å². The van der Waals surface area contributed by atoms with Gasteiger partial charge in [-0.1, -0.05) is 6.92 Å². The number of hydrogen-bond acceptors (Lipinski definition) is 4. The Balaban J connectivity index is 1.44. The van der Waals surface area contributed by atoms with Gasteiger partial charge in [-0.2, -0.15) is 0 Å². The van der Waals surface area contributed by atoms with Gasteiger partial charge in [0, 0.05) is 44.7 Å². The lowest BCUT2D eigenvalue weighted by molar-refractivity contribution is 0.0531. The van der Waals surface area contributed by atoms with Crippen LogP contribution in [0.4, 0.5) is 8.78 Å². The molecule has 2 aliphatic rings. The Morgan fingerprint density at radius 2 is 2.15 bits per heavy atom. The van der Waals surface area contributed by atoms with E-state index in [1.54, 1.807) is 11.9 Å². The summed E-state index contributed by atoms with van der Waals surface area (Å²) in [4.78, 5) is 20.7. The van der Waals surface area contributed by atoms with Crippen LogP contribution in [0.2, 0.25) is 0 Å². The molecule has 144 valence electrons. The van der Waals surface area contributed by atoms with Gasteiger partial charge in [-0.15, -0.1) is 0 Å². The molecule has 0 unspecified atom stereocenters. The van der Waals surface area contributed by atoms with Crippen molar-refractivity contribution in [2.75, 3.05) is 13.6 Å². The van der Waals surface area contributed by atoms with E-state index in [1.807, 2.05) is 4.90 Å². The maximum atomic E-state index is 13.9. The number of halogens is 2. The van der Waals surface area contributed by atoms with E-state index in [-0.39, 0.29) is 17.8 Å². The third-order valence-corrected chi connectivity index (χ3v) is 5.61. The van der Waals surface area contributed by atoms with Crippen LogP contribution in [0.25, 0.3) is 0 Å². The van der Waals surface area contributed by atoms with Crippen molar-refractivity contribution in [3.63, 3.8) is 0 Å². The number of oxazole rings is 1. The molecule has 1 aliphatic heterocycles. The minimum Gasteiger partial charge on any atom is -0.437 e. The second-order valence-electron chi connectivity index (χ2n) is 7.73. The molecule has 0 bridgehead atoms. The Kier molecular flexibility index (Phi) is 4.72. The average molecular weight is 375 g/mol. The van der Waals surface area contributed by atoms with E-state index < -0.39 is 11.6 Å². The molecule has 7 heteroatoms. The van der Waals surface area contributed by atoms with E-state index in [1.165, 1.54) is 6.07 Å². The number of rotatable bonds is 4. The molecule has 4 rings (SSSR count). The highest BCUT2D eigenvalue weighted by Gasteiger charge is 2.34. The Morgan fingerprint density at radius 1 is 1.37 bits per heavy atom. The van der Waals surface area contributed by atoms with Gasteiger partial charge in [-0.25, -0.2) is 13.8 Å². The molecule has 1 amide bonds. The minimum absolute atomic E-state index is 0.126. The van der Waals surface area contributed by atoms with Crippen molar-refractivity contribution < 1.29 is 18.0 Å². The van der Waals surface area contributed by atoms with Gasteiger partial charge in [-0.05, 0) is 37.0 Å². The Hall–Kier alpha value is -2.28. The first-order valence-corrected chi connectivity index (χ1v) is 9.32. The van der Waals surface area contributed by atoms with Crippen molar-refractivity contribution in [1.29, 1.82) is 0 Å². The number of fused-ring (bicyclic) bond motifs is 1. The van der Waals surface area contributed by atoms with E-state index in [2.05, 4.69) is 11.9 Å². The number of hydrogen-bond donors (Lipinski definition) is 0. The Labute approximate surface area is 157 Å². The van der Waals surface area contributed by atoms with Crippen LogP contribution in [-0.2, 0) is 19.5 Å². The van der Waals surface area contributed by atoms with Crippen LogP contribution < -0.4 is 0 Å². The van der Waals surface area contributed by atoms with Gasteiger partial charge in [0.15, 0.2) is 0 Å². The lowest BCUT2D eigenvalue weighted by atomic mass is 9.81. The predicted molar refractivity (Wildman–Crippen MR) is 95.0 cm³/mol. The maximum Gasteiger partial charge on any atom is 0.309 e. The molecule has 2 aromatic rings. The van der Waals surface area contributed by atoms with Gasteiger partial charge in [0.1, 0.15) is 17.4 Å². The van der Waals surface area contributed by atoms with Crippen LogP contribution in [-0.4, -0.2) is 40.3 Å². The van der Waals surface area contributed by atoms with Crippen molar-refractivity contribution in [2.24, 2.45) is 5.92 Å². The van der Waals surface area contributed by atoms with Gasteiger partial charge >= 0.3 is 5.91 Å². The number of benzene rings is 1. The van der Waals surface area contributed by atoms with E-state index >= 15 is 0 Å². The Bertz CT molecular complexity index is 861. The molecule has 0 saturated heterocycles. The fourth-order valence-electron chi connectivity index (χ4n) is 3.88. The topological polar surface area (TPSA) is 49.6 Å². The lowest BCUT2D eigenvalue weighted by Crippen LogP contribution is -2.44. The highest BCUT2D eigenvalue weighted by Crippen LogP contribution is 2.31. The smallest absolute Gasteiger partial charge is 0.309 e. The van der Waals surface area contributed by atoms with Crippen LogP contribution in [0.1, 0.15) is 47.5 Å². The van der Waals surface area contributed by atoms with Crippen molar-refractivity contribution in [1.82, 2.24) is 14.8 Å². The quantitative estimate of drug-likeness (QED) is 0.822. The summed E-state index contributed by atoms with van der Waals surface area (Å²) in [5, 5.41) is 0. The van der Waals surface area contributed by atoms with Gasteiger partial charge in [-0.3, -0.25) is 9.69 Å². The summed E-state index contributed by atoms with van der Waals surface area (Å²) in [5.41, 5.74) is 1.02. The van der Waals surface area contributed by atoms with Crippen LogP contribution in [0.15, 0.2) is 22.6 Å². The highest BCUT2D eigenvalue weighted by atomic mass is 19.1. The minimum atomic E-state index is -0.452. The van der Waals surface area contributed by atoms with Gasteiger partial charge in [0.05, 0.1) is 5.69 Å². The van der Waals surface area contributed by atoms with Gasteiger partial charge in [0.2, 0.25) is 0 Å². The second-order valence-corrected chi connectivity index (χ2v) is 7.73. The first kappa shape index (κ1) is 18.1. The molecule has 1 saturated carbocycles. The molecular weight excluding hydrogens is 352 g/mol. The summed E-state index contributed by atoms with van der Waals surface area (Å²) in [6, 6.07) is 3.73. The molecule has 2 heterocycles. The number of carbonyl (C=O) groups excluding carboxylic acids is 1. The number of nitrogens with zero attached hydrogens (tertiary/aromatic N) is 3. The zero-order chi connectivity index (χ0) is 19.1. The third kappa shape index (κ3) is 3.60.